The summed E-state index contributed by atoms with van der Waals surface area (Å²) in [6, 6.07) is 0. The van der Waals surface area contributed by atoms with Crippen molar-refractivity contribution in [2.75, 3.05) is 5.75 Å². The van der Waals surface area contributed by atoms with E-state index in [1.165, 1.54) is 6.92 Å². The molecule has 0 fully saturated rings. The Morgan fingerprint density at radius 2 is 1.87 bits per heavy atom. The summed E-state index contributed by atoms with van der Waals surface area (Å²) in [5.74, 6) is -4.08. The van der Waals surface area contributed by atoms with Gasteiger partial charge in [-0.15, -0.1) is 0 Å². The van der Waals surface area contributed by atoms with Crippen LogP contribution in [-0.4, -0.2) is 41.9 Å². The van der Waals surface area contributed by atoms with Crippen molar-refractivity contribution in [3.63, 3.8) is 0 Å². The molecule has 1 atom stereocenters. The van der Waals surface area contributed by atoms with Gasteiger partial charge in [0.2, 0.25) is 0 Å². The fourth-order valence-electron chi connectivity index (χ4n) is 1.59. The molecule has 0 aromatic carbocycles. The van der Waals surface area contributed by atoms with E-state index in [4.69, 9.17) is 9.66 Å². The van der Waals surface area contributed by atoms with Gasteiger partial charge in [-0.1, -0.05) is 13.5 Å². The van der Waals surface area contributed by atoms with Crippen LogP contribution in [0.25, 0.3) is 0 Å². The van der Waals surface area contributed by atoms with E-state index in [0.717, 1.165) is 0 Å². The van der Waals surface area contributed by atoms with Crippen LogP contribution in [0.2, 0.25) is 0 Å². The Kier molecular flexibility index (Phi) is 7.44. The molecule has 0 saturated heterocycles. The predicted octanol–water partition coefficient (Wildman–Crippen LogP) is 1.49. The number of rotatable bonds is 8. The Labute approximate surface area is 130 Å². The second-order valence-corrected chi connectivity index (χ2v) is 6.40. The average molecular weight is 359 g/mol. The number of hydrogen-bond acceptors (Lipinski definition) is 4. The molecule has 0 aliphatic rings. The molecule has 0 aliphatic carbocycles. The van der Waals surface area contributed by atoms with Crippen LogP contribution in [0.15, 0.2) is 23.9 Å². The van der Waals surface area contributed by atoms with Crippen molar-refractivity contribution in [1.82, 2.24) is 5.32 Å². The van der Waals surface area contributed by atoms with Crippen LogP contribution in [0, 0.1) is 5.92 Å². The first-order chi connectivity index (χ1) is 10.2. The summed E-state index contributed by atoms with van der Waals surface area (Å²) in [7, 11) is -4.24. The summed E-state index contributed by atoms with van der Waals surface area (Å²) in [6.07, 6.45) is -6.22. The molecule has 7 nitrogen and oxygen atoms in total. The van der Waals surface area contributed by atoms with Crippen LogP contribution in [-0.2, 0) is 19.7 Å². The van der Waals surface area contributed by atoms with Gasteiger partial charge in [0.05, 0.1) is 17.7 Å². The number of aliphatic carboxylic acids is 1. The van der Waals surface area contributed by atoms with Gasteiger partial charge in [-0.3, -0.25) is 9.35 Å². The maximum atomic E-state index is 12.2. The number of carboxylic acids is 1. The highest BCUT2D eigenvalue weighted by atomic mass is 32.2. The van der Waals surface area contributed by atoms with Crippen molar-refractivity contribution < 1.29 is 40.8 Å². The average Bonchev–Trinajstić information content (AvgIpc) is 2.29. The largest absolute Gasteiger partial charge is 0.478 e. The van der Waals surface area contributed by atoms with E-state index in [9.17, 15) is 31.2 Å². The van der Waals surface area contributed by atoms with Gasteiger partial charge in [0.15, 0.2) is 0 Å². The van der Waals surface area contributed by atoms with Crippen LogP contribution in [0.3, 0.4) is 0 Å². The molecule has 0 aliphatic heterocycles. The van der Waals surface area contributed by atoms with Gasteiger partial charge in [0, 0.05) is 11.8 Å². The van der Waals surface area contributed by atoms with Gasteiger partial charge in [-0.2, -0.15) is 21.6 Å². The Hall–Kier alpha value is -1.88. The highest BCUT2D eigenvalue weighted by Gasteiger charge is 2.31. The van der Waals surface area contributed by atoms with Gasteiger partial charge >= 0.3 is 12.1 Å². The lowest BCUT2D eigenvalue weighted by molar-refractivity contribution is -0.143. The molecule has 0 radical (unpaired) electrons. The third-order valence-electron chi connectivity index (χ3n) is 2.45. The zero-order valence-electron chi connectivity index (χ0n) is 12.1. The van der Waals surface area contributed by atoms with Crippen LogP contribution >= 0.6 is 0 Å². The molecule has 11 heteroatoms. The lowest BCUT2D eigenvalue weighted by atomic mass is 10.0. The number of hydrogen-bond donors (Lipinski definition) is 3. The van der Waals surface area contributed by atoms with E-state index in [1.54, 1.807) is 0 Å². The molecule has 0 bridgehead atoms. The number of alkyl halides is 3. The molecule has 132 valence electrons. The zero-order chi connectivity index (χ0) is 18.4. The maximum Gasteiger partial charge on any atom is 0.393 e. The Bertz CT molecular complexity index is 609. The lowest BCUT2D eigenvalue weighted by Gasteiger charge is -2.11. The van der Waals surface area contributed by atoms with E-state index in [0.29, 0.717) is 6.20 Å². The standard InChI is InChI=1S/C12H16F3NO6S/c1-7(6-23(20,21)22)3-8(2)10(17)16-5-9(11(18)19)4-12(13,14)15/h5,7H,2-4,6H2,1H3,(H,16,17)(H,18,19)(H,20,21,22). The summed E-state index contributed by atoms with van der Waals surface area (Å²) in [5, 5.41) is 10.5. The maximum absolute atomic E-state index is 12.2. The molecule has 3 N–H and O–H groups in total. The first-order valence-corrected chi connectivity index (χ1v) is 7.75. The van der Waals surface area contributed by atoms with E-state index < -0.39 is 51.8 Å². The van der Waals surface area contributed by atoms with E-state index in [2.05, 4.69) is 6.58 Å². The quantitative estimate of drug-likeness (QED) is 0.446. The Morgan fingerprint density at radius 1 is 1.35 bits per heavy atom. The molecular formula is C12H16F3NO6S. The van der Waals surface area contributed by atoms with Crippen molar-refractivity contribution in [3.8, 4) is 0 Å². The van der Waals surface area contributed by atoms with Gasteiger partial charge in [0.1, 0.15) is 0 Å². The summed E-state index contributed by atoms with van der Waals surface area (Å²) >= 11 is 0. The minimum atomic E-state index is -4.75. The fourth-order valence-corrected chi connectivity index (χ4v) is 2.43. The summed E-state index contributed by atoms with van der Waals surface area (Å²) in [4.78, 5) is 22.3. The predicted molar refractivity (Wildman–Crippen MR) is 73.9 cm³/mol. The summed E-state index contributed by atoms with van der Waals surface area (Å²) < 4.78 is 66.5. The summed E-state index contributed by atoms with van der Waals surface area (Å²) in [5.41, 5.74) is -1.24. The normalized spacial score (nSPS) is 14.2. The molecular weight excluding hydrogens is 343 g/mol. The molecule has 0 aromatic rings. The van der Waals surface area contributed by atoms with Gasteiger partial charge in [-0.25, -0.2) is 4.79 Å². The second-order valence-electron chi connectivity index (χ2n) is 4.90. The zero-order valence-corrected chi connectivity index (χ0v) is 12.9. The number of carboxylic acid groups (broad SMARTS) is 1. The molecule has 0 aromatic heterocycles. The van der Waals surface area contributed by atoms with Gasteiger partial charge in [0.25, 0.3) is 16.0 Å². The smallest absolute Gasteiger partial charge is 0.393 e. The molecule has 0 heterocycles. The third kappa shape index (κ3) is 10.5. The topological polar surface area (TPSA) is 121 Å². The first-order valence-electron chi connectivity index (χ1n) is 6.14. The minimum absolute atomic E-state index is 0.152. The van der Waals surface area contributed by atoms with Crippen molar-refractivity contribution in [2.24, 2.45) is 5.92 Å². The second kappa shape index (κ2) is 8.11. The van der Waals surface area contributed by atoms with E-state index in [-0.39, 0.29) is 12.0 Å². The summed E-state index contributed by atoms with van der Waals surface area (Å²) in [6.45, 7) is 4.75. The van der Waals surface area contributed by atoms with Crippen LogP contribution < -0.4 is 5.32 Å². The van der Waals surface area contributed by atoms with Gasteiger partial charge in [-0.05, 0) is 12.3 Å². The molecule has 23 heavy (non-hydrogen) atoms. The number of carbonyl (C=O) groups excluding carboxylic acids is 1. The van der Waals surface area contributed by atoms with Crippen molar-refractivity contribution in [2.45, 2.75) is 25.9 Å². The van der Waals surface area contributed by atoms with E-state index in [1.807, 2.05) is 5.32 Å². The van der Waals surface area contributed by atoms with Crippen LogP contribution in [0.4, 0.5) is 13.2 Å². The Balaban J connectivity index is 4.75. The van der Waals surface area contributed by atoms with E-state index >= 15 is 0 Å². The number of amides is 1. The lowest BCUT2D eigenvalue weighted by Crippen LogP contribution is -2.24. The third-order valence-corrected chi connectivity index (χ3v) is 3.44. The van der Waals surface area contributed by atoms with Crippen LogP contribution in [0.1, 0.15) is 19.8 Å². The molecule has 0 rings (SSSR count). The van der Waals surface area contributed by atoms with Crippen molar-refractivity contribution in [1.29, 1.82) is 0 Å². The highest BCUT2D eigenvalue weighted by Crippen LogP contribution is 2.24. The monoisotopic (exact) mass is 359 g/mol. The molecule has 0 saturated carbocycles. The van der Waals surface area contributed by atoms with Gasteiger partial charge < -0.3 is 10.4 Å². The molecule has 1 amide bonds. The number of carbonyl (C=O) groups is 2. The number of halogens is 3. The fraction of sp³-hybridized carbons (Fsp3) is 0.500. The first kappa shape index (κ1) is 21.1. The minimum Gasteiger partial charge on any atom is -0.478 e. The molecule has 1 unspecified atom stereocenters. The van der Waals surface area contributed by atoms with Crippen molar-refractivity contribution >= 4 is 22.0 Å². The highest BCUT2D eigenvalue weighted by molar-refractivity contribution is 7.85. The van der Waals surface area contributed by atoms with Crippen LogP contribution in [0.5, 0.6) is 0 Å². The van der Waals surface area contributed by atoms with Crippen molar-refractivity contribution in [3.05, 3.63) is 23.9 Å². The number of nitrogens with one attached hydrogen (secondary N) is 1. The molecule has 0 spiro atoms. The Morgan fingerprint density at radius 3 is 2.26 bits per heavy atom. The SMILES string of the molecule is C=C(CC(C)CS(=O)(=O)O)C(=O)NC=C(CC(F)(F)F)C(=O)O.